The Morgan fingerprint density at radius 1 is 1.15 bits per heavy atom. The van der Waals surface area contributed by atoms with Crippen LogP contribution in [0.2, 0.25) is 0 Å². The van der Waals surface area contributed by atoms with Crippen LogP contribution in [-0.4, -0.2) is 41.6 Å². The molecule has 3 rings (SSSR count). The third-order valence-corrected chi connectivity index (χ3v) is 4.29. The van der Waals surface area contributed by atoms with Gasteiger partial charge in [-0.2, -0.15) is 0 Å². The maximum atomic E-state index is 11.7. The smallest absolute Gasteiger partial charge is 0.404 e. The summed E-state index contributed by atoms with van der Waals surface area (Å²) in [7, 11) is 0. The van der Waals surface area contributed by atoms with Crippen molar-refractivity contribution < 1.29 is 14.3 Å². The number of nitrogens with zero attached hydrogens (tertiary/aromatic N) is 2. The number of aryl methyl sites for hydroxylation is 1. The zero-order valence-electron chi connectivity index (χ0n) is 15.1. The van der Waals surface area contributed by atoms with E-state index in [9.17, 15) is 9.59 Å². The van der Waals surface area contributed by atoms with E-state index >= 15 is 0 Å². The van der Waals surface area contributed by atoms with Gasteiger partial charge >= 0.3 is 6.09 Å². The van der Waals surface area contributed by atoms with Crippen molar-refractivity contribution in [3.8, 4) is 0 Å². The summed E-state index contributed by atoms with van der Waals surface area (Å²) in [6.07, 6.45) is 14.8. The largest absolute Gasteiger partial charge is 0.445 e. The van der Waals surface area contributed by atoms with Gasteiger partial charge in [-0.3, -0.25) is 9.78 Å². The molecule has 2 heterocycles. The Labute approximate surface area is 154 Å². The molecular formula is C20H27N3O3. The summed E-state index contributed by atoms with van der Waals surface area (Å²) in [5.74, 6) is 0.296. The second kappa shape index (κ2) is 11.1. The summed E-state index contributed by atoms with van der Waals surface area (Å²) >= 11 is 0. The van der Waals surface area contributed by atoms with E-state index in [0.29, 0.717) is 18.9 Å². The molecule has 26 heavy (non-hydrogen) atoms. The molecule has 6 nitrogen and oxygen atoms in total. The number of hydrogen-bond donors (Lipinski definition) is 1. The summed E-state index contributed by atoms with van der Waals surface area (Å²) in [6.45, 7) is 2.20. The third-order valence-electron chi connectivity index (χ3n) is 4.29. The second-order valence-corrected chi connectivity index (χ2v) is 6.31. The fourth-order valence-electron chi connectivity index (χ4n) is 2.85. The molecule has 1 saturated heterocycles. The number of rotatable bonds is 5. The van der Waals surface area contributed by atoms with Crippen LogP contribution in [0.5, 0.6) is 0 Å². The van der Waals surface area contributed by atoms with Crippen molar-refractivity contribution in [2.24, 2.45) is 5.73 Å². The summed E-state index contributed by atoms with van der Waals surface area (Å²) in [6, 6.07) is 3.94. The van der Waals surface area contributed by atoms with Crippen molar-refractivity contribution in [1.82, 2.24) is 9.88 Å². The van der Waals surface area contributed by atoms with Crippen molar-refractivity contribution in [3.05, 3.63) is 53.9 Å². The molecule has 1 aliphatic carbocycles. The van der Waals surface area contributed by atoms with Gasteiger partial charge in [-0.25, -0.2) is 4.79 Å². The lowest BCUT2D eigenvalue weighted by atomic mass is 10.1. The van der Waals surface area contributed by atoms with Crippen molar-refractivity contribution in [2.75, 3.05) is 19.7 Å². The fourth-order valence-corrected chi connectivity index (χ4v) is 2.85. The Kier molecular flexibility index (Phi) is 8.39. The number of pyridine rings is 1. The minimum atomic E-state index is -0.718. The molecule has 6 heteroatoms. The minimum absolute atomic E-state index is 0.296. The van der Waals surface area contributed by atoms with Crippen LogP contribution < -0.4 is 5.73 Å². The molecule has 1 aliphatic heterocycles. The Morgan fingerprint density at radius 3 is 2.50 bits per heavy atom. The highest BCUT2D eigenvalue weighted by Crippen LogP contribution is 2.11. The lowest BCUT2D eigenvalue weighted by molar-refractivity contribution is -0.130. The monoisotopic (exact) mass is 357 g/mol. The first kappa shape index (κ1) is 19.7. The van der Waals surface area contributed by atoms with Crippen LogP contribution >= 0.6 is 0 Å². The first-order chi connectivity index (χ1) is 12.6. The molecule has 0 radical (unpaired) electrons. The van der Waals surface area contributed by atoms with Gasteiger partial charge in [0.2, 0.25) is 5.91 Å². The Hall–Kier alpha value is -2.63. The van der Waals surface area contributed by atoms with Crippen LogP contribution in [0, 0.1) is 0 Å². The topological polar surface area (TPSA) is 85.5 Å². The molecule has 0 atom stereocenters. The second-order valence-electron chi connectivity index (χ2n) is 6.31. The summed E-state index contributed by atoms with van der Waals surface area (Å²) in [5, 5.41) is 0. The number of hydrogen-bond acceptors (Lipinski definition) is 4. The molecule has 1 fully saturated rings. The molecule has 2 N–H and O–H groups in total. The van der Waals surface area contributed by atoms with Gasteiger partial charge in [0.05, 0.1) is 0 Å². The molecular weight excluding hydrogens is 330 g/mol. The van der Waals surface area contributed by atoms with E-state index in [1.54, 1.807) is 12.4 Å². The summed E-state index contributed by atoms with van der Waals surface area (Å²) in [5.41, 5.74) is 7.01. The van der Waals surface area contributed by atoms with Gasteiger partial charge in [0.1, 0.15) is 6.61 Å². The van der Waals surface area contributed by atoms with Crippen molar-refractivity contribution in [3.63, 3.8) is 0 Å². The Bertz CT molecular complexity index is 635. The van der Waals surface area contributed by atoms with Crippen molar-refractivity contribution >= 4 is 12.0 Å². The van der Waals surface area contributed by atoms with E-state index in [-0.39, 0.29) is 0 Å². The molecule has 2 aliphatic rings. The predicted octanol–water partition coefficient (Wildman–Crippen LogP) is 2.99. The van der Waals surface area contributed by atoms with E-state index in [1.807, 2.05) is 29.2 Å². The van der Waals surface area contributed by atoms with Crippen LogP contribution in [-0.2, 0) is 16.0 Å². The van der Waals surface area contributed by atoms with Gasteiger partial charge in [-0.15, -0.1) is 0 Å². The number of carbonyl (C=O) groups is 2. The first-order valence-electron chi connectivity index (χ1n) is 9.09. The highest BCUT2D eigenvalue weighted by molar-refractivity contribution is 5.76. The predicted molar refractivity (Wildman–Crippen MR) is 100 cm³/mol. The molecule has 0 aromatic carbocycles. The first-order valence-corrected chi connectivity index (χ1v) is 9.09. The van der Waals surface area contributed by atoms with Gasteiger partial charge in [0.15, 0.2) is 0 Å². The quantitative estimate of drug-likeness (QED) is 0.878. The molecule has 0 spiro atoms. The zero-order chi connectivity index (χ0) is 18.6. The van der Waals surface area contributed by atoms with E-state index in [0.717, 1.165) is 37.9 Å². The van der Waals surface area contributed by atoms with Crippen LogP contribution in [0.15, 0.2) is 48.3 Å². The van der Waals surface area contributed by atoms with Gasteiger partial charge < -0.3 is 15.4 Å². The highest BCUT2D eigenvalue weighted by atomic mass is 16.5. The Morgan fingerprint density at radius 2 is 1.88 bits per heavy atom. The molecule has 0 saturated carbocycles. The normalized spacial score (nSPS) is 15.7. The number of ether oxygens (including phenoxy) is 1. The van der Waals surface area contributed by atoms with Crippen LogP contribution in [0.3, 0.4) is 0 Å². The molecule has 0 bridgehead atoms. The van der Waals surface area contributed by atoms with Crippen molar-refractivity contribution in [1.29, 1.82) is 0 Å². The molecule has 1 aromatic heterocycles. The summed E-state index contributed by atoms with van der Waals surface area (Å²) < 4.78 is 4.60. The van der Waals surface area contributed by atoms with Gasteiger partial charge in [-0.05, 0) is 55.4 Å². The number of primary amides is 1. The van der Waals surface area contributed by atoms with Gasteiger partial charge in [0.25, 0.3) is 0 Å². The lowest BCUT2D eigenvalue weighted by Crippen LogP contribution is -2.27. The van der Waals surface area contributed by atoms with Gasteiger partial charge in [0, 0.05) is 31.9 Å². The van der Waals surface area contributed by atoms with Crippen molar-refractivity contribution in [2.45, 2.75) is 38.5 Å². The highest BCUT2D eigenvalue weighted by Gasteiger charge is 2.17. The zero-order valence-corrected chi connectivity index (χ0v) is 15.1. The van der Waals surface area contributed by atoms with E-state index in [4.69, 9.17) is 5.73 Å². The van der Waals surface area contributed by atoms with Crippen LogP contribution in [0.25, 0.3) is 0 Å². The summed E-state index contributed by atoms with van der Waals surface area (Å²) in [4.78, 5) is 27.8. The maximum Gasteiger partial charge on any atom is 0.404 e. The maximum absolute atomic E-state index is 11.7. The molecule has 1 aromatic rings. The average Bonchev–Trinajstić information content (AvgIpc) is 3.22. The minimum Gasteiger partial charge on any atom is -0.445 e. The molecule has 0 unspecified atom stereocenters. The van der Waals surface area contributed by atoms with Crippen LogP contribution in [0.1, 0.15) is 37.7 Å². The SMILES string of the molecule is NC(=O)OCC1=CCCC=C1.O=C(CCc1ccncc1)N1CCCC1. The fraction of sp³-hybridized carbons (Fsp3) is 0.450. The van der Waals surface area contributed by atoms with E-state index in [1.165, 1.54) is 18.4 Å². The molecule has 2 amide bonds. The number of allylic oxidation sites excluding steroid dienone is 2. The standard InChI is InChI=1S/C12H16N2O.C8H11NO2/c15-12(14-9-1-2-10-14)4-3-11-5-7-13-8-6-11;9-8(10)11-6-7-4-2-1-3-5-7/h5-8H,1-4,9-10H2;2,4-5H,1,3,6H2,(H2,9,10). The molecule has 140 valence electrons. The lowest BCUT2D eigenvalue weighted by Gasteiger charge is -2.14. The van der Waals surface area contributed by atoms with Gasteiger partial charge in [-0.1, -0.05) is 18.2 Å². The number of nitrogens with two attached hydrogens (primary N) is 1. The third kappa shape index (κ3) is 7.51. The number of likely N-dealkylation sites (tertiary alicyclic amines) is 1. The Balaban J connectivity index is 0.000000197. The number of carbonyl (C=O) groups excluding carboxylic acids is 2. The average molecular weight is 357 g/mol. The van der Waals surface area contributed by atoms with Crippen LogP contribution in [0.4, 0.5) is 4.79 Å². The number of aromatic nitrogens is 1. The van der Waals surface area contributed by atoms with E-state index in [2.05, 4.69) is 15.8 Å². The van der Waals surface area contributed by atoms with E-state index < -0.39 is 6.09 Å². The number of amides is 2.